The summed E-state index contributed by atoms with van der Waals surface area (Å²) in [5, 5.41) is 4.22. The molecule has 2 heterocycles. The predicted octanol–water partition coefficient (Wildman–Crippen LogP) is 1.80. The summed E-state index contributed by atoms with van der Waals surface area (Å²) in [5.74, 6) is 0. The van der Waals surface area contributed by atoms with Crippen molar-refractivity contribution in [1.82, 2.24) is 9.78 Å². The van der Waals surface area contributed by atoms with E-state index in [1.165, 1.54) is 9.75 Å². The molecule has 4 heteroatoms. The second-order valence-electron chi connectivity index (χ2n) is 3.19. The van der Waals surface area contributed by atoms with Gasteiger partial charge in [-0.1, -0.05) is 0 Å². The molecule has 0 amide bonds. The lowest BCUT2D eigenvalue weighted by Gasteiger charge is -2.13. The molecule has 0 aliphatic heterocycles. The van der Waals surface area contributed by atoms with Crippen molar-refractivity contribution < 1.29 is 0 Å². The lowest BCUT2D eigenvalue weighted by Crippen LogP contribution is -2.19. The molecule has 3 nitrogen and oxygen atoms in total. The van der Waals surface area contributed by atoms with Crippen molar-refractivity contribution in [2.45, 2.75) is 13.0 Å². The molecule has 74 valence electrons. The average Bonchev–Trinajstić information content (AvgIpc) is 2.79. The van der Waals surface area contributed by atoms with Gasteiger partial charge in [-0.05, 0) is 25.1 Å². The van der Waals surface area contributed by atoms with Crippen LogP contribution in [-0.2, 0) is 0 Å². The molecular weight excluding hydrogens is 194 g/mol. The summed E-state index contributed by atoms with van der Waals surface area (Å²) < 4.78 is 1.91. The van der Waals surface area contributed by atoms with Crippen molar-refractivity contribution in [3.8, 4) is 0 Å². The van der Waals surface area contributed by atoms with E-state index in [4.69, 9.17) is 5.73 Å². The van der Waals surface area contributed by atoms with E-state index in [-0.39, 0.29) is 6.04 Å². The fourth-order valence-electron chi connectivity index (χ4n) is 1.45. The Kier molecular flexibility index (Phi) is 2.65. The topological polar surface area (TPSA) is 43.8 Å². The highest BCUT2D eigenvalue weighted by atomic mass is 32.1. The Morgan fingerprint density at radius 2 is 2.43 bits per heavy atom. The van der Waals surface area contributed by atoms with Gasteiger partial charge >= 0.3 is 0 Å². The minimum Gasteiger partial charge on any atom is -0.328 e. The van der Waals surface area contributed by atoms with Crippen LogP contribution in [0.5, 0.6) is 0 Å². The standard InChI is InChI=1S/C10H13N3S/c1-8-3-4-10(14-8)9(7-11)13-6-2-5-12-13/h2-6,9H,7,11H2,1H3. The summed E-state index contributed by atoms with van der Waals surface area (Å²) in [4.78, 5) is 2.58. The number of nitrogens with two attached hydrogens (primary N) is 1. The molecule has 0 spiro atoms. The second kappa shape index (κ2) is 3.94. The van der Waals surface area contributed by atoms with Gasteiger partial charge in [0.2, 0.25) is 0 Å². The lowest BCUT2D eigenvalue weighted by atomic mass is 10.2. The molecule has 0 aromatic carbocycles. The predicted molar refractivity (Wildman–Crippen MR) is 58.5 cm³/mol. The Bertz CT molecular complexity index is 391. The molecule has 2 aromatic rings. The Hall–Kier alpha value is -1.13. The van der Waals surface area contributed by atoms with Crippen LogP contribution >= 0.6 is 11.3 Å². The van der Waals surface area contributed by atoms with Crippen molar-refractivity contribution >= 4 is 11.3 Å². The van der Waals surface area contributed by atoms with Gasteiger partial charge in [0.05, 0.1) is 6.04 Å². The number of aryl methyl sites for hydroxylation is 1. The molecule has 0 aliphatic carbocycles. The van der Waals surface area contributed by atoms with Crippen molar-refractivity contribution in [3.05, 3.63) is 40.3 Å². The maximum absolute atomic E-state index is 5.75. The Morgan fingerprint density at radius 3 is 2.93 bits per heavy atom. The van der Waals surface area contributed by atoms with Crippen LogP contribution in [0.15, 0.2) is 30.6 Å². The number of hydrogen-bond donors (Lipinski definition) is 1. The van der Waals surface area contributed by atoms with Crippen molar-refractivity contribution in [2.75, 3.05) is 6.54 Å². The van der Waals surface area contributed by atoms with E-state index in [2.05, 4.69) is 24.2 Å². The monoisotopic (exact) mass is 207 g/mol. The van der Waals surface area contributed by atoms with Crippen LogP contribution in [-0.4, -0.2) is 16.3 Å². The zero-order valence-corrected chi connectivity index (χ0v) is 8.87. The van der Waals surface area contributed by atoms with Gasteiger partial charge in [-0.25, -0.2) is 0 Å². The summed E-state index contributed by atoms with van der Waals surface area (Å²) in [7, 11) is 0. The first-order chi connectivity index (χ1) is 6.81. The summed E-state index contributed by atoms with van der Waals surface area (Å²) in [5.41, 5.74) is 5.75. The summed E-state index contributed by atoms with van der Waals surface area (Å²) >= 11 is 1.78. The SMILES string of the molecule is Cc1ccc(C(CN)n2cccn2)s1. The van der Waals surface area contributed by atoms with E-state index in [0.29, 0.717) is 6.54 Å². The zero-order valence-electron chi connectivity index (χ0n) is 8.05. The smallest absolute Gasteiger partial charge is 0.0982 e. The zero-order chi connectivity index (χ0) is 9.97. The fourth-order valence-corrected chi connectivity index (χ4v) is 2.44. The molecule has 2 aromatic heterocycles. The maximum Gasteiger partial charge on any atom is 0.0982 e. The number of nitrogens with zero attached hydrogens (tertiary/aromatic N) is 2. The molecule has 14 heavy (non-hydrogen) atoms. The summed E-state index contributed by atoms with van der Waals surface area (Å²) in [6, 6.07) is 6.35. The lowest BCUT2D eigenvalue weighted by molar-refractivity contribution is 0.540. The second-order valence-corrected chi connectivity index (χ2v) is 4.51. The molecule has 0 saturated carbocycles. The summed E-state index contributed by atoms with van der Waals surface area (Å²) in [6.45, 7) is 2.69. The first-order valence-corrected chi connectivity index (χ1v) is 5.38. The van der Waals surface area contributed by atoms with Gasteiger partial charge in [-0.2, -0.15) is 5.10 Å². The normalized spacial score (nSPS) is 13.0. The maximum atomic E-state index is 5.75. The molecule has 1 unspecified atom stereocenters. The minimum absolute atomic E-state index is 0.184. The number of hydrogen-bond acceptors (Lipinski definition) is 3. The van der Waals surface area contributed by atoms with Crippen LogP contribution in [0, 0.1) is 6.92 Å². The number of rotatable bonds is 3. The Labute approximate surface area is 87.2 Å². The van der Waals surface area contributed by atoms with Crippen molar-refractivity contribution in [2.24, 2.45) is 5.73 Å². The van der Waals surface area contributed by atoms with E-state index in [1.54, 1.807) is 17.5 Å². The molecule has 1 atom stereocenters. The van der Waals surface area contributed by atoms with Gasteiger partial charge in [0.1, 0.15) is 0 Å². The molecule has 0 saturated heterocycles. The molecule has 2 rings (SSSR count). The van der Waals surface area contributed by atoms with E-state index < -0.39 is 0 Å². The average molecular weight is 207 g/mol. The molecule has 0 radical (unpaired) electrons. The molecule has 0 fully saturated rings. The van der Waals surface area contributed by atoms with E-state index in [1.807, 2.05) is 16.9 Å². The van der Waals surface area contributed by atoms with Gasteiger partial charge < -0.3 is 5.73 Å². The van der Waals surface area contributed by atoms with Gasteiger partial charge in [0.15, 0.2) is 0 Å². The third kappa shape index (κ3) is 1.71. The highest BCUT2D eigenvalue weighted by Gasteiger charge is 2.13. The molecule has 0 bridgehead atoms. The molecular formula is C10H13N3S. The third-order valence-electron chi connectivity index (χ3n) is 2.16. The van der Waals surface area contributed by atoms with Crippen LogP contribution in [0.25, 0.3) is 0 Å². The van der Waals surface area contributed by atoms with Gasteiger partial charge in [-0.3, -0.25) is 4.68 Å². The van der Waals surface area contributed by atoms with E-state index in [9.17, 15) is 0 Å². The van der Waals surface area contributed by atoms with Crippen LogP contribution in [0.4, 0.5) is 0 Å². The van der Waals surface area contributed by atoms with E-state index >= 15 is 0 Å². The minimum atomic E-state index is 0.184. The highest BCUT2D eigenvalue weighted by Crippen LogP contribution is 2.24. The number of aromatic nitrogens is 2. The molecule has 0 aliphatic rings. The van der Waals surface area contributed by atoms with Crippen LogP contribution in [0.1, 0.15) is 15.8 Å². The largest absolute Gasteiger partial charge is 0.328 e. The highest BCUT2D eigenvalue weighted by molar-refractivity contribution is 7.12. The van der Waals surface area contributed by atoms with Crippen LogP contribution < -0.4 is 5.73 Å². The summed E-state index contributed by atoms with van der Waals surface area (Å²) in [6.07, 6.45) is 3.73. The van der Waals surface area contributed by atoms with Gasteiger partial charge in [0.25, 0.3) is 0 Å². The van der Waals surface area contributed by atoms with E-state index in [0.717, 1.165) is 0 Å². The van der Waals surface area contributed by atoms with Crippen LogP contribution in [0.2, 0.25) is 0 Å². The first kappa shape index (κ1) is 9.43. The van der Waals surface area contributed by atoms with Crippen molar-refractivity contribution in [1.29, 1.82) is 0 Å². The van der Waals surface area contributed by atoms with Gasteiger partial charge in [0, 0.05) is 28.7 Å². The first-order valence-electron chi connectivity index (χ1n) is 4.57. The molecule has 2 N–H and O–H groups in total. The Balaban J connectivity index is 2.31. The van der Waals surface area contributed by atoms with Gasteiger partial charge in [-0.15, -0.1) is 11.3 Å². The Morgan fingerprint density at radius 1 is 1.57 bits per heavy atom. The third-order valence-corrected chi connectivity index (χ3v) is 3.26. The van der Waals surface area contributed by atoms with Crippen LogP contribution in [0.3, 0.4) is 0 Å². The quantitative estimate of drug-likeness (QED) is 0.834. The fraction of sp³-hybridized carbons (Fsp3) is 0.300. The van der Waals surface area contributed by atoms with Crippen molar-refractivity contribution in [3.63, 3.8) is 0 Å². The number of thiophene rings is 1.